The number of hydrazone groups is 1. The molecule has 5 nitrogen and oxygen atoms in total. The maximum atomic E-state index is 12.4. The summed E-state index contributed by atoms with van der Waals surface area (Å²) in [6.45, 7) is 2.04. The van der Waals surface area contributed by atoms with Crippen LogP contribution in [-0.4, -0.2) is 24.5 Å². The molecule has 0 saturated heterocycles. The highest BCUT2D eigenvalue weighted by atomic mass is 79.9. The summed E-state index contributed by atoms with van der Waals surface area (Å²) in [7, 11) is 1.54. The number of carbonyl (C=O) groups is 1. The summed E-state index contributed by atoms with van der Waals surface area (Å²) in [5.74, 6) is 0.795. The standard InChI is InChI=1S/C24H20BrCl3N2O3S/c1-14(34-19-7-5-17(26)6-8-19)24(31)30-29-12-15-9-20(25)23(22(10-15)32-2)33-13-16-3-4-18(27)11-21(16)28/h3-12,14H,13H2,1-2H3,(H,30,31)/b29-12-/t14-/m0/s1. The normalized spacial score (nSPS) is 11.9. The van der Waals surface area contributed by atoms with Crippen molar-refractivity contribution in [1.29, 1.82) is 0 Å². The first-order chi connectivity index (χ1) is 16.3. The maximum absolute atomic E-state index is 12.4. The molecule has 3 aromatic carbocycles. The zero-order valence-corrected chi connectivity index (χ0v) is 22.8. The number of benzene rings is 3. The lowest BCUT2D eigenvalue weighted by molar-refractivity contribution is -0.120. The van der Waals surface area contributed by atoms with Crippen LogP contribution >= 0.6 is 62.5 Å². The number of hydrogen-bond donors (Lipinski definition) is 1. The third kappa shape index (κ3) is 7.55. The van der Waals surface area contributed by atoms with E-state index < -0.39 is 0 Å². The molecule has 0 aliphatic carbocycles. The van der Waals surface area contributed by atoms with Crippen LogP contribution in [-0.2, 0) is 11.4 Å². The lowest BCUT2D eigenvalue weighted by Crippen LogP contribution is -2.26. The fourth-order valence-electron chi connectivity index (χ4n) is 2.78. The number of hydrogen-bond acceptors (Lipinski definition) is 5. The zero-order valence-electron chi connectivity index (χ0n) is 18.2. The number of carbonyl (C=O) groups excluding carboxylic acids is 1. The molecule has 34 heavy (non-hydrogen) atoms. The van der Waals surface area contributed by atoms with Crippen molar-refractivity contribution in [2.45, 2.75) is 23.7 Å². The van der Waals surface area contributed by atoms with Crippen LogP contribution in [0.15, 0.2) is 69.1 Å². The molecular weight excluding hydrogens is 583 g/mol. The van der Waals surface area contributed by atoms with E-state index in [2.05, 4.69) is 26.5 Å². The van der Waals surface area contributed by atoms with Crippen molar-refractivity contribution in [1.82, 2.24) is 5.43 Å². The van der Waals surface area contributed by atoms with E-state index in [9.17, 15) is 4.79 Å². The van der Waals surface area contributed by atoms with E-state index in [4.69, 9.17) is 44.3 Å². The van der Waals surface area contributed by atoms with Gasteiger partial charge in [-0.15, -0.1) is 11.8 Å². The Labute approximate surface area is 225 Å². The van der Waals surface area contributed by atoms with Gasteiger partial charge in [0.05, 0.1) is 23.0 Å². The van der Waals surface area contributed by atoms with E-state index in [-0.39, 0.29) is 17.8 Å². The number of amides is 1. The van der Waals surface area contributed by atoms with Crippen molar-refractivity contribution in [3.8, 4) is 11.5 Å². The number of methoxy groups -OCH3 is 1. The predicted octanol–water partition coefficient (Wildman–Crippen LogP) is 7.63. The van der Waals surface area contributed by atoms with Gasteiger partial charge in [-0.25, -0.2) is 5.43 Å². The first kappa shape index (κ1) is 26.7. The Morgan fingerprint density at radius 3 is 2.50 bits per heavy atom. The van der Waals surface area contributed by atoms with Gasteiger partial charge in [0.1, 0.15) is 6.61 Å². The molecule has 0 bridgehead atoms. The van der Waals surface area contributed by atoms with Gasteiger partial charge in [-0.2, -0.15) is 5.10 Å². The molecule has 0 aliphatic rings. The van der Waals surface area contributed by atoms with E-state index in [0.717, 1.165) is 10.5 Å². The third-order valence-corrected chi connectivity index (χ3v) is 7.06. The van der Waals surface area contributed by atoms with E-state index >= 15 is 0 Å². The molecule has 3 rings (SSSR count). The molecule has 0 radical (unpaired) electrons. The van der Waals surface area contributed by atoms with Gasteiger partial charge in [0.25, 0.3) is 5.91 Å². The zero-order chi connectivity index (χ0) is 24.7. The molecule has 0 heterocycles. The SMILES string of the molecule is COc1cc(/C=N\NC(=O)[C@H](C)Sc2ccc(Cl)cc2)cc(Br)c1OCc1ccc(Cl)cc1Cl. The highest BCUT2D eigenvalue weighted by molar-refractivity contribution is 9.10. The number of ether oxygens (including phenoxy) is 2. The van der Waals surface area contributed by atoms with Crippen LogP contribution in [0.2, 0.25) is 15.1 Å². The quantitative estimate of drug-likeness (QED) is 0.155. The Bertz CT molecular complexity index is 1190. The van der Waals surface area contributed by atoms with Crippen molar-refractivity contribution in [2.24, 2.45) is 5.10 Å². The fourth-order valence-corrected chi connectivity index (χ4v) is 4.80. The van der Waals surface area contributed by atoms with Crippen LogP contribution < -0.4 is 14.9 Å². The minimum Gasteiger partial charge on any atom is -0.493 e. The van der Waals surface area contributed by atoms with Crippen LogP contribution in [0.4, 0.5) is 0 Å². The summed E-state index contributed by atoms with van der Waals surface area (Å²) in [5, 5.41) is 5.46. The molecule has 1 amide bonds. The second-order valence-corrected chi connectivity index (χ2v) is 10.6. The lowest BCUT2D eigenvalue weighted by Gasteiger charge is -2.14. The molecule has 1 N–H and O–H groups in total. The van der Waals surface area contributed by atoms with Crippen LogP contribution in [0.5, 0.6) is 11.5 Å². The third-order valence-electron chi connectivity index (χ3n) is 4.52. The largest absolute Gasteiger partial charge is 0.493 e. The minimum absolute atomic E-state index is 0.220. The van der Waals surface area contributed by atoms with Crippen molar-refractivity contribution in [3.05, 3.63) is 85.3 Å². The van der Waals surface area contributed by atoms with Crippen molar-refractivity contribution >= 4 is 74.6 Å². The fraction of sp³-hybridized carbons (Fsp3) is 0.167. The average molecular weight is 603 g/mol. The molecule has 178 valence electrons. The van der Waals surface area contributed by atoms with Gasteiger partial charge >= 0.3 is 0 Å². The van der Waals surface area contributed by atoms with Gasteiger partial charge < -0.3 is 9.47 Å². The van der Waals surface area contributed by atoms with E-state index in [0.29, 0.717) is 36.6 Å². The number of halogens is 4. The number of rotatable bonds is 9. The number of nitrogens with one attached hydrogen (secondary N) is 1. The van der Waals surface area contributed by atoms with Gasteiger partial charge in [-0.1, -0.05) is 40.9 Å². The number of thioether (sulfide) groups is 1. The Morgan fingerprint density at radius 2 is 1.82 bits per heavy atom. The van der Waals surface area contributed by atoms with Crippen molar-refractivity contribution in [3.63, 3.8) is 0 Å². The predicted molar refractivity (Wildman–Crippen MR) is 144 cm³/mol. The molecule has 0 spiro atoms. The molecule has 0 saturated carbocycles. The van der Waals surface area contributed by atoms with Crippen LogP contribution in [0.3, 0.4) is 0 Å². The highest BCUT2D eigenvalue weighted by Gasteiger charge is 2.15. The Balaban J connectivity index is 1.62. The molecule has 0 aromatic heterocycles. The summed E-state index contributed by atoms with van der Waals surface area (Å²) < 4.78 is 12.1. The molecule has 0 unspecified atom stereocenters. The molecule has 1 atom stereocenters. The Kier molecular flexibility index (Phi) is 9.97. The summed E-state index contributed by atoms with van der Waals surface area (Å²) in [6.07, 6.45) is 1.53. The second kappa shape index (κ2) is 12.7. The minimum atomic E-state index is -0.338. The topological polar surface area (TPSA) is 59.9 Å². The van der Waals surface area contributed by atoms with Crippen molar-refractivity contribution < 1.29 is 14.3 Å². The Morgan fingerprint density at radius 1 is 1.12 bits per heavy atom. The van der Waals surface area contributed by atoms with E-state index in [1.807, 2.05) is 25.1 Å². The Hall–Kier alpha value is -1.90. The first-order valence-electron chi connectivity index (χ1n) is 9.96. The monoisotopic (exact) mass is 600 g/mol. The van der Waals surface area contributed by atoms with E-state index in [1.165, 1.54) is 18.0 Å². The first-order valence-corrected chi connectivity index (χ1v) is 12.8. The molecular formula is C24H20BrCl3N2O3S. The van der Waals surface area contributed by atoms with Gasteiger partial charge in [-0.05, 0) is 76.9 Å². The second-order valence-electron chi connectivity index (χ2n) is 7.01. The highest BCUT2D eigenvalue weighted by Crippen LogP contribution is 2.37. The summed E-state index contributed by atoms with van der Waals surface area (Å²) in [5.41, 5.74) is 4.06. The van der Waals surface area contributed by atoms with Crippen LogP contribution in [0.25, 0.3) is 0 Å². The maximum Gasteiger partial charge on any atom is 0.253 e. The van der Waals surface area contributed by atoms with E-state index in [1.54, 1.807) is 43.5 Å². The molecule has 10 heteroatoms. The summed E-state index contributed by atoms with van der Waals surface area (Å²) in [4.78, 5) is 13.3. The molecule has 0 aliphatic heterocycles. The van der Waals surface area contributed by atoms with Crippen LogP contribution in [0.1, 0.15) is 18.1 Å². The van der Waals surface area contributed by atoms with Gasteiger partial charge in [0.2, 0.25) is 0 Å². The van der Waals surface area contributed by atoms with Gasteiger partial charge in [0, 0.05) is 25.5 Å². The summed E-state index contributed by atoms with van der Waals surface area (Å²) in [6, 6.07) is 16.1. The lowest BCUT2D eigenvalue weighted by atomic mass is 10.2. The number of nitrogens with zero attached hydrogens (tertiary/aromatic N) is 1. The van der Waals surface area contributed by atoms with Gasteiger partial charge in [0.15, 0.2) is 11.5 Å². The van der Waals surface area contributed by atoms with Crippen LogP contribution in [0, 0.1) is 0 Å². The van der Waals surface area contributed by atoms with Gasteiger partial charge in [-0.3, -0.25) is 4.79 Å². The smallest absolute Gasteiger partial charge is 0.253 e. The molecule has 3 aromatic rings. The molecule has 0 fully saturated rings. The summed E-state index contributed by atoms with van der Waals surface area (Å²) >= 11 is 23.0. The average Bonchev–Trinajstić information content (AvgIpc) is 2.80. The van der Waals surface area contributed by atoms with Crippen molar-refractivity contribution in [2.75, 3.05) is 7.11 Å².